The normalized spacial score (nSPS) is 13.4. The van der Waals surface area contributed by atoms with Crippen LogP contribution in [-0.4, -0.2) is 11.6 Å². The Morgan fingerprint density at radius 3 is 1.22 bits per heavy atom. The van der Waals surface area contributed by atoms with Gasteiger partial charge in [-0.05, 0) is 47.9 Å². The Kier molecular flexibility index (Phi) is 6.80. The minimum Gasteiger partial charge on any atom is -0.289 e. The monoisotopic (exact) mass is 422 g/mol. The summed E-state index contributed by atoms with van der Waals surface area (Å²) in [6.45, 7) is 4.34. The average Bonchev–Trinajstić information content (AvgIpc) is 2.84. The van der Waals surface area contributed by atoms with Gasteiger partial charge in [-0.15, -0.1) is 0 Å². The van der Waals surface area contributed by atoms with Gasteiger partial charge in [-0.2, -0.15) is 0 Å². The number of aryl methyl sites for hydroxylation is 2. The van der Waals surface area contributed by atoms with E-state index in [0.29, 0.717) is 22.3 Å². The van der Waals surface area contributed by atoms with Gasteiger partial charge in [0.05, 0.1) is 0 Å². The third kappa shape index (κ3) is 4.10. The second-order valence-electron chi connectivity index (χ2n) is 8.48. The molecule has 2 nitrogen and oxygen atoms in total. The summed E-state index contributed by atoms with van der Waals surface area (Å²) in [6, 6.07) is 23.4. The van der Waals surface area contributed by atoms with Crippen LogP contribution in [0.2, 0.25) is 0 Å². The van der Waals surface area contributed by atoms with Crippen LogP contribution in [0.4, 0.5) is 0 Å². The molecule has 0 saturated heterocycles. The molecule has 0 radical (unpaired) electrons. The molecule has 0 aromatic heterocycles. The van der Waals surface area contributed by atoms with E-state index in [1.54, 1.807) is 12.1 Å². The van der Waals surface area contributed by atoms with Gasteiger partial charge in [-0.3, -0.25) is 9.59 Å². The van der Waals surface area contributed by atoms with Crippen molar-refractivity contribution in [2.45, 2.75) is 52.4 Å². The number of benzene rings is 3. The van der Waals surface area contributed by atoms with Crippen molar-refractivity contribution in [2.24, 2.45) is 0 Å². The number of hydrogen-bond acceptors (Lipinski definition) is 2. The Labute approximate surface area is 191 Å². The molecule has 0 amide bonds. The number of ketones is 2. The third-order valence-electron chi connectivity index (χ3n) is 6.29. The predicted octanol–water partition coefficient (Wildman–Crippen LogP) is 7.36. The van der Waals surface area contributed by atoms with Gasteiger partial charge in [0.1, 0.15) is 0 Å². The Morgan fingerprint density at radius 2 is 0.844 bits per heavy atom. The van der Waals surface area contributed by atoms with Crippen molar-refractivity contribution in [3.8, 4) is 0 Å². The quantitative estimate of drug-likeness (QED) is 0.380. The van der Waals surface area contributed by atoms with E-state index in [4.69, 9.17) is 0 Å². The highest BCUT2D eigenvalue weighted by atomic mass is 16.1. The van der Waals surface area contributed by atoms with Crippen LogP contribution in [0.5, 0.6) is 0 Å². The number of rotatable bonds is 8. The van der Waals surface area contributed by atoms with Gasteiger partial charge in [0.15, 0.2) is 11.6 Å². The zero-order valence-corrected chi connectivity index (χ0v) is 19.0. The Hall–Kier alpha value is -3.26. The molecule has 1 aliphatic rings. The van der Waals surface area contributed by atoms with Crippen molar-refractivity contribution in [1.29, 1.82) is 0 Å². The van der Waals surface area contributed by atoms with Crippen molar-refractivity contribution in [3.05, 3.63) is 106 Å². The SMILES string of the molecule is CCCCc1ccccc1C1=C(c2ccccc2CCCC)C(=O)c2ccccc2C1=O. The summed E-state index contributed by atoms with van der Waals surface area (Å²) in [5.74, 6) is -0.103. The Bertz CT molecular complexity index is 1090. The first kappa shape index (κ1) is 22.0. The van der Waals surface area contributed by atoms with Crippen molar-refractivity contribution in [1.82, 2.24) is 0 Å². The number of unbranched alkanes of at least 4 members (excludes halogenated alkanes) is 2. The summed E-state index contributed by atoms with van der Waals surface area (Å²) in [4.78, 5) is 27.8. The standard InChI is InChI=1S/C30H30O2/c1-3-5-13-21-15-7-9-17-23(21)27-28(24-18-10-8-16-22(24)14-6-4-2)30(32)26-20-12-11-19-25(26)29(27)31/h7-12,15-20H,3-6,13-14H2,1-2H3. The zero-order valence-electron chi connectivity index (χ0n) is 19.0. The average molecular weight is 423 g/mol. The van der Waals surface area contributed by atoms with Gasteiger partial charge in [0, 0.05) is 22.3 Å². The summed E-state index contributed by atoms with van der Waals surface area (Å²) in [6.07, 6.45) is 6.04. The van der Waals surface area contributed by atoms with Crippen LogP contribution in [0, 0.1) is 0 Å². The first-order valence-corrected chi connectivity index (χ1v) is 11.8. The van der Waals surface area contributed by atoms with Crippen LogP contribution in [0.25, 0.3) is 11.1 Å². The van der Waals surface area contributed by atoms with Crippen molar-refractivity contribution in [2.75, 3.05) is 0 Å². The highest BCUT2D eigenvalue weighted by Gasteiger charge is 2.34. The minimum atomic E-state index is -0.0514. The predicted molar refractivity (Wildman–Crippen MR) is 132 cm³/mol. The first-order chi connectivity index (χ1) is 15.7. The highest BCUT2D eigenvalue weighted by molar-refractivity contribution is 6.52. The maximum atomic E-state index is 13.9. The second-order valence-corrected chi connectivity index (χ2v) is 8.48. The lowest BCUT2D eigenvalue weighted by Gasteiger charge is -2.24. The molecule has 0 fully saturated rings. The van der Waals surface area contributed by atoms with Gasteiger partial charge in [0.2, 0.25) is 0 Å². The fourth-order valence-corrected chi connectivity index (χ4v) is 4.59. The maximum absolute atomic E-state index is 13.9. The smallest absolute Gasteiger partial charge is 0.195 e. The molecule has 0 atom stereocenters. The van der Waals surface area contributed by atoms with Crippen molar-refractivity contribution < 1.29 is 9.59 Å². The first-order valence-electron chi connectivity index (χ1n) is 11.8. The number of carbonyl (C=O) groups is 2. The molecule has 3 aromatic carbocycles. The molecule has 1 aliphatic carbocycles. The number of allylic oxidation sites excluding steroid dienone is 2. The number of hydrogen-bond donors (Lipinski definition) is 0. The molecular formula is C30H30O2. The van der Waals surface area contributed by atoms with E-state index in [0.717, 1.165) is 60.8 Å². The van der Waals surface area contributed by atoms with E-state index in [-0.39, 0.29) is 11.6 Å². The summed E-state index contributed by atoms with van der Waals surface area (Å²) < 4.78 is 0. The Morgan fingerprint density at radius 1 is 0.500 bits per heavy atom. The minimum absolute atomic E-state index is 0.0514. The van der Waals surface area contributed by atoms with E-state index in [1.807, 2.05) is 48.5 Å². The molecule has 0 heterocycles. The maximum Gasteiger partial charge on any atom is 0.195 e. The van der Waals surface area contributed by atoms with E-state index >= 15 is 0 Å². The van der Waals surface area contributed by atoms with E-state index < -0.39 is 0 Å². The van der Waals surface area contributed by atoms with Crippen molar-refractivity contribution in [3.63, 3.8) is 0 Å². The molecule has 0 spiro atoms. The van der Waals surface area contributed by atoms with Gasteiger partial charge in [-0.25, -0.2) is 0 Å². The lowest BCUT2D eigenvalue weighted by Crippen LogP contribution is -2.22. The van der Waals surface area contributed by atoms with Crippen LogP contribution in [0.1, 0.15) is 82.5 Å². The number of carbonyl (C=O) groups excluding carboxylic acids is 2. The van der Waals surface area contributed by atoms with Gasteiger partial charge < -0.3 is 0 Å². The van der Waals surface area contributed by atoms with E-state index in [2.05, 4.69) is 26.0 Å². The van der Waals surface area contributed by atoms with Crippen LogP contribution < -0.4 is 0 Å². The fraction of sp³-hybridized carbons (Fsp3) is 0.267. The molecule has 162 valence electrons. The zero-order chi connectivity index (χ0) is 22.5. The summed E-state index contributed by atoms with van der Waals surface area (Å²) in [7, 11) is 0. The molecule has 4 rings (SSSR count). The second kappa shape index (κ2) is 9.91. The van der Waals surface area contributed by atoms with Crippen molar-refractivity contribution >= 4 is 22.7 Å². The van der Waals surface area contributed by atoms with Gasteiger partial charge >= 0.3 is 0 Å². The van der Waals surface area contributed by atoms with Crippen LogP contribution in [-0.2, 0) is 12.8 Å². The molecule has 0 aliphatic heterocycles. The molecule has 0 unspecified atom stereocenters. The third-order valence-corrected chi connectivity index (χ3v) is 6.29. The Balaban J connectivity index is 2.01. The van der Waals surface area contributed by atoms with Gasteiger partial charge in [-0.1, -0.05) is 99.5 Å². The molecule has 0 N–H and O–H groups in total. The topological polar surface area (TPSA) is 34.1 Å². The molecule has 32 heavy (non-hydrogen) atoms. The highest BCUT2D eigenvalue weighted by Crippen LogP contribution is 2.40. The molecular weight excluding hydrogens is 392 g/mol. The lowest BCUT2D eigenvalue weighted by molar-refractivity contribution is 0.101. The summed E-state index contributed by atoms with van der Waals surface area (Å²) >= 11 is 0. The summed E-state index contributed by atoms with van der Waals surface area (Å²) in [5, 5.41) is 0. The van der Waals surface area contributed by atoms with Gasteiger partial charge in [0.25, 0.3) is 0 Å². The van der Waals surface area contributed by atoms with Crippen LogP contribution >= 0.6 is 0 Å². The molecule has 0 saturated carbocycles. The molecule has 3 aromatic rings. The van der Waals surface area contributed by atoms with E-state index in [1.165, 1.54) is 0 Å². The lowest BCUT2D eigenvalue weighted by atomic mass is 9.76. The number of Topliss-reactive ketones (excluding diaryl/α,β-unsaturated/α-hetero) is 2. The molecule has 2 heteroatoms. The fourth-order valence-electron chi connectivity index (χ4n) is 4.59. The summed E-state index contributed by atoms with van der Waals surface area (Å²) in [5.41, 5.74) is 6.19. The molecule has 0 bridgehead atoms. The van der Waals surface area contributed by atoms with Crippen LogP contribution in [0.15, 0.2) is 72.8 Å². The largest absolute Gasteiger partial charge is 0.289 e. The number of fused-ring (bicyclic) bond motifs is 1. The van der Waals surface area contributed by atoms with E-state index in [9.17, 15) is 9.59 Å². The van der Waals surface area contributed by atoms with Crippen LogP contribution in [0.3, 0.4) is 0 Å².